The molecular formula is C20H31NO4. The molecule has 0 aliphatic heterocycles. The average molecular weight is 349 g/mol. The van der Waals surface area contributed by atoms with Crippen molar-refractivity contribution in [2.75, 3.05) is 20.3 Å². The molecule has 0 aromatic heterocycles. The Morgan fingerprint density at radius 3 is 2.72 bits per heavy atom. The lowest BCUT2D eigenvalue weighted by molar-refractivity contribution is -0.0837. The maximum atomic E-state index is 12.4. The summed E-state index contributed by atoms with van der Waals surface area (Å²) in [6, 6.07) is 7.40. The van der Waals surface area contributed by atoms with E-state index in [0.29, 0.717) is 24.6 Å². The molecule has 1 aromatic rings. The number of rotatable bonds is 10. The van der Waals surface area contributed by atoms with E-state index in [1.54, 1.807) is 13.2 Å². The molecule has 2 atom stereocenters. The third-order valence-electron chi connectivity index (χ3n) is 4.92. The Hall–Kier alpha value is -1.43. The fraction of sp³-hybridized carbons (Fsp3) is 0.650. The van der Waals surface area contributed by atoms with Crippen molar-refractivity contribution in [1.29, 1.82) is 0 Å². The number of ether oxygens (including phenoxy) is 2. The Bertz CT molecular complexity index is 528. The van der Waals surface area contributed by atoms with Crippen molar-refractivity contribution in [3.8, 4) is 0 Å². The summed E-state index contributed by atoms with van der Waals surface area (Å²) in [6.07, 6.45) is 6.22. The van der Waals surface area contributed by atoms with E-state index >= 15 is 0 Å². The van der Waals surface area contributed by atoms with Gasteiger partial charge in [-0.15, -0.1) is 0 Å². The number of aliphatic hydroxyl groups is 1. The summed E-state index contributed by atoms with van der Waals surface area (Å²) >= 11 is 0. The summed E-state index contributed by atoms with van der Waals surface area (Å²) < 4.78 is 11.7. The van der Waals surface area contributed by atoms with E-state index in [0.717, 1.165) is 24.8 Å². The van der Waals surface area contributed by atoms with Gasteiger partial charge in [-0.25, -0.2) is 0 Å². The van der Waals surface area contributed by atoms with E-state index in [1.165, 1.54) is 12.8 Å². The minimum atomic E-state index is -0.103. The minimum absolute atomic E-state index is 0.000762. The number of carbonyl (C=O) groups excluding carboxylic acids is 1. The van der Waals surface area contributed by atoms with E-state index in [-0.39, 0.29) is 24.7 Å². The van der Waals surface area contributed by atoms with Crippen molar-refractivity contribution < 1.29 is 19.4 Å². The van der Waals surface area contributed by atoms with Crippen molar-refractivity contribution >= 4 is 5.91 Å². The zero-order valence-corrected chi connectivity index (χ0v) is 15.4. The fourth-order valence-electron chi connectivity index (χ4n) is 3.34. The zero-order chi connectivity index (χ0) is 18.1. The SMILES string of the molecule is COC(C)C(CCNC(=O)c1ccccc1CCO)OC1CCCC1. The maximum absolute atomic E-state index is 12.4. The van der Waals surface area contributed by atoms with E-state index < -0.39 is 0 Å². The average Bonchev–Trinajstić information content (AvgIpc) is 3.14. The second-order valence-corrected chi connectivity index (χ2v) is 6.70. The normalized spacial score (nSPS) is 17.4. The molecule has 1 aliphatic rings. The third kappa shape index (κ3) is 6.10. The summed E-state index contributed by atoms with van der Waals surface area (Å²) in [5.74, 6) is -0.103. The molecule has 140 valence electrons. The number of methoxy groups -OCH3 is 1. The molecule has 0 spiro atoms. The van der Waals surface area contributed by atoms with Crippen LogP contribution in [0.15, 0.2) is 24.3 Å². The van der Waals surface area contributed by atoms with Crippen molar-refractivity contribution in [3.05, 3.63) is 35.4 Å². The van der Waals surface area contributed by atoms with Gasteiger partial charge in [-0.05, 0) is 44.2 Å². The molecule has 2 unspecified atom stereocenters. The van der Waals surface area contributed by atoms with Crippen molar-refractivity contribution in [1.82, 2.24) is 5.32 Å². The topological polar surface area (TPSA) is 67.8 Å². The van der Waals surface area contributed by atoms with Crippen LogP contribution in [0.2, 0.25) is 0 Å². The first-order valence-electron chi connectivity index (χ1n) is 9.31. The van der Waals surface area contributed by atoms with Crippen LogP contribution in [0, 0.1) is 0 Å². The molecule has 1 fully saturated rings. The molecule has 5 nitrogen and oxygen atoms in total. The highest BCUT2D eigenvalue weighted by Crippen LogP contribution is 2.24. The summed E-state index contributed by atoms with van der Waals surface area (Å²) in [6.45, 7) is 2.59. The highest BCUT2D eigenvalue weighted by Gasteiger charge is 2.24. The van der Waals surface area contributed by atoms with Crippen molar-refractivity contribution in [2.45, 2.75) is 63.8 Å². The Morgan fingerprint density at radius 2 is 2.04 bits per heavy atom. The predicted molar refractivity (Wildman–Crippen MR) is 97.8 cm³/mol. The molecule has 1 amide bonds. The molecule has 5 heteroatoms. The van der Waals surface area contributed by atoms with Gasteiger partial charge in [-0.3, -0.25) is 4.79 Å². The summed E-state index contributed by atoms with van der Waals surface area (Å²) in [5, 5.41) is 12.1. The first-order chi connectivity index (χ1) is 12.2. The lowest BCUT2D eigenvalue weighted by atomic mass is 10.0. The molecule has 0 radical (unpaired) electrons. The van der Waals surface area contributed by atoms with Crippen LogP contribution in [0.1, 0.15) is 54.9 Å². The van der Waals surface area contributed by atoms with Gasteiger partial charge in [0, 0.05) is 25.8 Å². The molecule has 25 heavy (non-hydrogen) atoms. The quantitative estimate of drug-likeness (QED) is 0.681. The monoisotopic (exact) mass is 349 g/mol. The van der Waals surface area contributed by atoms with Crippen LogP contribution >= 0.6 is 0 Å². The minimum Gasteiger partial charge on any atom is -0.396 e. The highest BCUT2D eigenvalue weighted by atomic mass is 16.5. The Kier molecular flexibility index (Phi) is 8.38. The maximum Gasteiger partial charge on any atom is 0.251 e. The Morgan fingerprint density at radius 1 is 1.32 bits per heavy atom. The van der Waals surface area contributed by atoms with Crippen LogP contribution < -0.4 is 5.32 Å². The number of amides is 1. The van der Waals surface area contributed by atoms with Gasteiger partial charge in [0.15, 0.2) is 0 Å². The number of hydrogen-bond acceptors (Lipinski definition) is 4. The number of carbonyl (C=O) groups is 1. The summed E-state index contributed by atoms with van der Waals surface area (Å²) in [5.41, 5.74) is 1.50. The highest BCUT2D eigenvalue weighted by molar-refractivity contribution is 5.95. The summed E-state index contributed by atoms with van der Waals surface area (Å²) in [7, 11) is 1.69. The standard InChI is InChI=1S/C20H31NO4/c1-15(24-2)19(25-17-8-4-5-9-17)11-13-21-20(23)18-10-6-3-7-16(18)12-14-22/h3,6-7,10,15,17,19,22H,4-5,8-9,11-14H2,1-2H3,(H,21,23). The molecule has 0 heterocycles. The molecule has 0 bridgehead atoms. The van der Waals surface area contributed by atoms with E-state index in [9.17, 15) is 4.79 Å². The fourth-order valence-corrected chi connectivity index (χ4v) is 3.34. The van der Waals surface area contributed by atoms with Gasteiger partial charge in [-0.2, -0.15) is 0 Å². The first-order valence-corrected chi connectivity index (χ1v) is 9.31. The van der Waals surface area contributed by atoms with Gasteiger partial charge >= 0.3 is 0 Å². The third-order valence-corrected chi connectivity index (χ3v) is 4.92. The second kappa shape index (κ2) is 10.5. The van der Waals surface area contributed by atoms with Gasteiger partial charge in [0.05, 0.1) is 18.3 Å². The first kappa shape index (κ1) is 19.9. The molecule has 1 aliphatic carbocycles. The van der Waals surface area contributed by atoms with Gasteiger partial charge in [0.1, 0.15) is 0 Å². The van der Waals surface area contributed by atoms with Crippen LogP contribution in [-0.4, -0.2) is 49.6 Å². The lowest BCUT2D eigenvalue weighted by Gasteiger charge is -2.26. The van der Waals surface area contributed by atoms with Crippen LogP contribution in [0.3, 0.4) is 0 Å². The second-order valence-electron chi connectivity index (χ2n) is 6.70. The number of aliphatic hydroxyl groups excluding tert-OH is 1. The number of hydrogen-bond donors (Lipinski definition) is 2. The van der Waals surface area contributed by atoms with E-state index in [2.05, 4.69) is 5.32 Å². The predicted octanol–water partition coefficient (Wildman–Crippen LogP) is 2.70. The molecule has 2 N–H and O–H groups in total. The van der Waals surface area contributed by atoms with E-state index in [1.807, 2.05) is 25.1 Å². The Balaban J connectivity index is 1.86. The smallest absolute Gasteiger partial charge is 0.251 e. The van der Waals surface area contributed by atoms with Gasteiger partial charge < -0.3 is 19.9 Å². The molecule has 0 saturated heterocycles. The van der Waals surface area contributed by atoms with E-state index in [4.69, 9.17) is 14.6 Å². The molecule has 2 rings (SSSR count). The molecule has 1 saturated carbocycles. The van der Waals surface area contributed by atoms with Crippen LogP contribution in [0.4, 0.5) is 0 Å². The molecular weight excluding hydrogens is 318 g/mol. The van der Waals surface area contributed by atoms with Gasteiger partial charge in [0.2, 0.25) is 0 Å². The number of nitrogens with one attached hydrogen (secondary N) is 1. The van der Waals surface area contributed by atoms with Crippen molar-refractivity contribution in [3.63, 3.8) is 0 Å². The zero-order valence-electron chi connectivity index (χ0n) is 15.4. The van der Waals surface area contributed by atoms with Crippen LogP contribution in [0.25, 0.3) is 0 Å². The van der Waals surface area contributed by atoms with Gasteiger partial charge in [0.25, 0.3) is 5.91 Å². The molecule has 1 aromatic carbocycles. The Labute approximate surface area is 150 Å². The largest absolute Gasteiger partial charge is 0.396 e. The van der Waals surface area contributed by atoms with Crippen LogP contribution in [0.5, 0.6) is 0 Å². The van der Waals surface area contributed by atoms with Crippen molar-refractivity contribution in [2.24, 2.45) is 0 Å². The van der Waals surface area contributed by atoms with Gasteiger partial charge in [-0.1, -0.05) is 31.0 Å². The number of benzene rings is 1. The summed E-state index contributed by atoms with van der Waals surface area (Å²) in [4.78, 5) is 12.4. The lowest BCUT2D eigenvalue weighted by Crippen LogP contribution is -2.36. The van der Waals surface area contributed by atoms with Crippen LogP contribution in [-0.2, 0) is 15.9 Å².